The molecule has 1 amide bonds. The van der Waals surface area contributed by atoms with E-state index in [0.29, 0.717) is 18.0 Å². The monoisotopic (exact) mass is 285 g/mol. The largest absolute Gasteiger partial charge is 0.403 e. The molecule has 0 radical (unpaired) electrons. The molecule has 1 aliphatic heterocycles. The summed E-state index contributed by atoms with van der Waals surface area (Å²) < 4.78 is 0. The van der Waals surface area contributed by atoms with E-state index < -0.39 is 0 Å². The van der Waals surface area contributed by atoms with Crippen LogP contribution in [0.25, 0.3) is 0 Å². The number of likely N-dealkylation sites (N-methyl/N-ethyl adjacent to an activating group) is 1. The summed E-state index contributed by atoms with van der Waals surface area (Å²) in [6, 6.07) is -0.335. The van der Waals surface area contributed by atoms with Crippen molar-refractivity contribution in [2.75, 3.05) is 21.1 Å². The predicted molar refractivity (Wildman–Crippen MR) is 77.1 cm³/mol. The molecule has 1 fully saturated rings. The molecular weight excluding hydrogens is 266 g/mol. The van der Waals surface area contributed by atoms with Gasteiger partial charge < -0.3 is 10.6 Å². The Kier molecular flexibility index (Phi) is 4.97. The van der Waals surface area contributed by atoms with Crippen molar-refractivity contribution in [3.8, 4) is 0 Å². The summed E-state index contributed by atoms with van der Waals surface area (Å²) in [7, 11) is 5.34. The minimum absolute atomic E-state index is 0.0352. The van der Waals surface area contributed by atoms with Crippen molar-refractivity contribution in [3.63, 3.8) is 0 Å². The van der Waals surface area contributed by atoms with Crippen molar-refractivity contribution in [3.05, 3.63) is 23.6 Å². The van der Waals surface area contributed by atoms with Crippen molar-refractivity contribution >= 4 is 23.3 Å². The topological polar surface area (TPSA) is 65.2 Å². The Morgan fingerprint density at radius 2 is 2.21 bits per heavy atom. The number of rotatable bonds is 3. The van der Waals surface area contributed by atoms with E-state index in [1.807, 2.05) is 21.0 Å². The van der Waals surface area contributed by atoms with Crippen LogP contribution in [0.1, 0.15) is 13.3 Å². The third-order valence-electron chi connectivity index (χ3n) is 2.92. The zero-order valence-corrected chi connectivity index (χ0v) is 12.5. The van der Waals surface area contributed by atoms with Crippen LogP contribution in [0, 0.1) is 0 Å². The number of carbonyl (C=O) groups excluding carboxylic acids is 1. The summed E-state index contributed by atoms with van der Waals surface area (Å²) in [5.41, 5.74) is 6.12. The summed E-state index contributed by atoms with van der Waals surface area (Å²) in [5, 5.41) is 3.70. The number of hydrazine groups is 1. The summed E-state index contributed by atoms with van der Waals surface area (Å²) in [6.07, 6.45) is 1.99. The van der Waals surface area contributed by atoms with Crippen LogP contribution in [-0.2, 0) is 4.79 Å². The van der Waals surface area contributed by atoms with Crippen molar-refractivity contribution in [1.29, 1.82) is 0 Å². The van der Waals surface area contributed by atoms with Crippen LogP contribution in [0.4, 0.5) is 0 Å². The lowest BCUT2D eigenvalue weighted by Gasteiger charge is -2.44. The molecule has 7 heteroatoms. The fraction of sp³-hybridized carbons (Fsp3) is 0.500. The Balaban J connectivity index is 3.41. The highest BCUT2D eigenvalue weighted by molar-refractivity contribution is 6.30. The predicted octanol–water partition coefficient (Wildman–Crippen LogP) is 0.924. The number of hydrogen-bond donors (Lipinski definition) is 1. The number of hydrogen-bond acceptors (Lipinski definition) is 4. The van der Waals surface area contributed by atoms with Gasteiger partial charge in [-0.3, -0.25) is 9.80 Å². The maximum absolute atomic E-state index is 12.3. The molecule has 1 unspecified atom stereocenters. The standard InChI is InChI=1S/C12H20ClN5O/c1-6-9-12(19)17(5)10(7-14)11(15-8(2)13)18(9)16(3)4/h7,9H,2,6,14H2,1,3-5H3/b10-7+,15-11+. The first kappa shape index (κ1) is 15.5. The third-order valence-corrected chi connectivity index (χ3v) is 3.01. The second-order valence-corrected chi connectivity index (χ2v) is 4.81. The number of aliphatic imine (C=N–C) groups is 1. The number of nitrogens with two attached hydrogens (primary N) is 1. The molecule has 2 N–H and O–H groups in total. The van der Waals surface area contributed by atoms with E-state index in [1.54, 1.807) is 17.1 Å². The van der Waals surface area contributed by atoms with Crippen molar-refractivity contribution in [1.82, 2.24) is 14.9 Å². The second kappa shape index (κ2) is 6.08. The molecule has 1 heterocycles. The minimum atomic E-state index is -0.335. The van der Waals surface area contributed by atoms with Gasteiger partial charge >= 0.3 is 0 Å². The second-order valence-electron chi connectivity index (χ2n) is 4.38. The molecule has 0 aromatic rings. The van der Waals surface area contributed by atoms with Crippen molar-refractivity contribution in [2.24, 2.45) is 10.7 Å². The maximum Gasteiger partial charge on any atom is 0.251 e. The van der Waals surface area contributed by atoms with E-state index in [-0.39, 0.29) is 17.1 Å². The average Bonchev–Trinajstić information content (AvgIpc) is 2.32. The molecule has 0 bridgehead atoms. The van der Waals surface area contributed by atoms with Gasteiger partial charge in [-0.25, -0.2) is 10.0 Å². The van der Waals surface area contributed by atoms with E-state index in [0.717, 1.165) is 0 Å². The SMILES string of the molecule is C=C(Cl)/N=C1\C(=C/N)N(C)C(=O)C(CC)N1N(C)C. The Hall–Kier alpha value is -1.53. The van der Waals surface area contributed by atoms with Gasteiger partial charge in [0.05, 0.1) is 0 Å². The first-order chi connectivity index (χ1) is 8.84. The first-order valence-corrected chi connectivity index (χ1v) is 6.32. The van der Waals surface area contributed by atoms with E-state index in [2.05, 4.69) is 11.6 Å². The molecule has 0 aromatic carbocycles. The van der Waals surface area contributed by atoms with Crippen molar-refractivity contribution in [2.45, 2.75) is 19.4 Å². The molecule has 0 aliphatic carbocycles. The van der Waals surface area contributed by atoms with Gasteiger partial charge in [-0.15, -0.1) is 0 Å². The Labute approximate surface area is 118 Å². The Morgan fingerprint density at radius 1 is 1.63 bits per heavy atom. The third kappa shape index (κ3) is 2.90. The van der Waals surface area contributed by atoms with Gasteiger partial charge in [0.25, 0.3) is 5.91 Å². The lowest BCUT2D eigenvalue weighted by Crippen LogP contribution is -2.61. The maximum atomic E-state index is 12.3. The molecule has 19 heavy (non-hydrogen) atoms. The van der Waals surface area contributed by atoms with E-state index >= 15 is 0 Å². The summed E-state index contributed by atoms with van der Waals surface area (Å²) in [5.74, 6) is 0.480. The fourth-order valence-corrected chi connectivity index (χ4v) is 2.17. The van der Waals surface area contributed by atoms with Gasteiger partial charge in [-0.2, -0.15) is 0 Å². The molecule has 1 atom stereocenters. The van der Waals surface area contributed by atoms with Crippen LogP contribution in [0.5, 0.6) is 0 Å². The molecular formula is C12H20ClN5O. The smallest absolute Gasteiger partial charge is 0.251 e. The van der Waals surface area contributed by atoms with Crippen LogP contribution < -0.4 is 5.73 Å². The lowest BCUT2D eigenvalue weighted by molar-refractivity contribution is -0.138. The number of piperazine rings is 1. The molecule has 0 saturated carbocycles. The number of carbonyl (C=O) groups is 1. The van der Waals surface area contributed by atoms with Crippen LogP contribution in [0.15, 0.2) is 28.6 Å². The quantitative estimate of drug-likeness (QED) is 0.783. The van der Waals surface area contributed by atoms with Gasteiger partial charge in [0.2, 0.25) is 0 Å². The average molecular weight is 286 g/mol. The zero-order valence-electron chi connectivity index (χ0n) is 11.7. The lowest BCUT2D eigenvalue weighted by atomic mass is 10.1. The van der Waals surface area contributed by atoms with Gasteiger partial charge in [-0.05, 0) is 6.42 Å². The van der Waals surface area contributed by atoms with Gasteiger partial charge in [0.15, 0.2) is 5.84 Å². The van der Waals surface area contributed by atoms with E-state index in [9.17, 15) is 4.79 Å². The van der Waals surface area contributed by atoms with E-state index in [1.165, 1.54) is 11.1 Å². The van der Waals surface area contributed by atoms with Gasteiger partial charge in [0, 0.05) is 27.3 Å². The molecule has 1 aliphatic rings. The first-order valence-electron chi connectivity index (χ1n) is 5.94. The Morgan fingerprint density at radius 3 is 2.58 bits per heavy atom. The molecule has 1 saturated heterocycles. The fourth-order valence-electron chi connectivity index (χ4n) is 2.09. The van der Waals surface area contributed by atoms with Crippen LogP contribution >= 0.6 is 11.6 Å². The van der Waals surface area contributed by atoms with Gasteiger partial charge in [0.1, 0.15) is 16.9 Å². The number of nitrogens with zero attached hydrogens (tertiary/aromatic N) is 4. The highest BCUT2D eigenvalue weighted by atomic mass is 35.5. The normalized spacial score (nSPS) is 24.7. The van der Waals surface area contributed by atoms with Crippen LogP contribution in [-0.4, -0.2) is 53.8 Å². The zero-order chi connectivity index (χ0) is 14.7. The Bertz CT molecular complexity index is 443. The minimum Gasteiger partial charge on any atom is -0.403 e. The molecule has 106 valence electrons. The van der Waals surface area contributed by atoms with E-state index in [4.69, 9.17) is 17.3 Å². The molecule has 0 aromatic heterocycles. The number of amides is 1. The highest BCUT2D eigenvalue weighted by Gasteiger charge is 2.40. The number of amidine groups is 1. The summed E-state index contributed by atoms with van der Waals surface area (Å²) in [4.78, 5) is 18.0. The van der Waals surface area contributed by atoms with Crippen LogP contribution in [0.2, 0.25) is 0 Å². The highest BCUT2D eigenvalue weighted by Crippen LogP contribution is 2.24. The van der Waals surface area contributed by atoms with Gasteiger partial charge in [-0.1, -0.05) is 25.1 Å². The molecule has 6 nitrogen and oxygen atoms in total. The summed E-state index contributed by atoms with van der Waals surface area (Å²) in [6.45, 7) is 5.51. The molecule has 0 spiro atoms. The number of halogens is 1. The summed E-state index contributed by atoms with van der Waals surface area (Å²) >= 11 is 5.78. The molecule has 1 rings (SSSR count). The van der Waals surface area contributed by atoms with Crippen LogP contribution in [0.3, 0.4) is 0 Å². The van der Waals surface area contributed by atoms with Crippen molar-refractivity contribution < 1.29 is 4.79 Å².